The largest absolute Gasteiger partial charge is 0.394 e. The van der Waals surface area contributed by atoms with Crippen molar-refractivity contribution in [1.82, 2.24) is 15.5 Å². The predicted octanol–water partition coefficient (Wildman–Crippen LogP) is -3.28. The van der Waals surface area contributed by atoms with Crippen LogP contribution in [0.1, 0.15) is 13.8 Å². The van der Waals surface area contributed by atoms with Gasteiger partial charge in [0.2, 0.25) is 11.9 Å². The van der Waals surface area contributed by atoms with Gasteiger partial charge in [-0.1, -0.05) is 13.8 Å². The van der Waals surface area contributed by atoms with E-state index >= 15 is 0 Å². The molecule has 11 nitrogen and oxygen atoms in total. The van der Waals surface area contributed by atoms with E-state index in [2.05, 4.69) is 20.6 Å². The highest BCUT2D eigenvalue weighted by molar-refractivity contribution is 6.08. The van der Waals surface area contributed by atoms with Gasteiger partial charge in [-0.25, -0.2) is 4.99 Å². The molecule has 0 aromatic heterocycles. The molecular formula is C14H21N5O6. The Hall–Kier alpha value is -2.08. The Bertz CT molecular complexity index is 623. The van der Waals surface area contributed by atoms with Gasteiger partial charge in [-0.05, 0) is 0 Å². The Labute approximate surface area is 143 Å². The predicted molar refractivity (Wildman–Crippen MR) is 84.2 cm³/mol. The summed E-state index contributed by atoms with van der Waals surface area (Å²) in [6.07, 6.45) is -4.08. The monoisotopic (exact) mass is 355 g/mol. The minimum absolute atomic E-state index is 0.00723. The van der Waals surface area contributed by atoms with Crippen LogP contribution in [-0.4, -0.2) is 87.7 Å². The molecular weight excluding hydrogens is 334 g/mol. The standard InChI is InChI=1S/C14H21N5O6/c1-5(2)11(23)17-14-16-10-7(12(24)18-14)15-4-19(10)13-9(22)8(21)6(3-20)25-13/h4-10,13,20-22H,3H2,1-2H3,(H2,16,17,18,23,24)/t6-,7?,8-,9-,10?,13-/m1/s1. The van der Waals surface area contributed by atoms with Gasteiger partial charge in [0.1, 0.15) is 18.3 Å². The molecule has 2 unspecified atom stereocenters. The van der Waals surface area contributed by atoms with E-state index in [-0.39, 0.29) is 17.8 Å². The summed E-state index contributed by atoms with van der Waals surface area (Å²) in [5, 5.41) is 34.2. The molecule has 0 saturated carbocycles. The Morgan fingerprint density at radius 3 is 2.76 bits per heavy atom. The second-order valence-electron chi connectivity index (χ2n) is 6.41. The highest BCUT2D eigenvalue weighted by Gasteiger charge is 2.51. The Kier molecular flexibility index (Phi) is 4.73. The van der Waals surface area contributed by atoms with E-state index in [9.17, 15) is 24.9 Å². The van der Waals surface area contributed by atoms with E-state index in [4.69, 9.17) is 4.74 Å². The third-order valence-corrected chi connectivity index (χ3v) is 4.30. The molecule has 1 saturated heterocycles. The lowest BCUT2D eigenvalue weighted by molar-refractivity contribution is -0.124. The Morgan fingerprint density at radius 1 is 1.44 bits per heavy atom. The Morgan fingerprint density at radius 2 is 2.16 bits per heavy atom. The van der Waals surface area contributed by atoms with Gasteiger partial charge in [0.25, 0.3) is 5.91 Å². The molecule has 0 aliphatic carbocycles. The van der Waals surface area contributed by atoms with E-state index in [1.807, 2.05) is 0 Å². The van der Waals surface area contributed by atoms with Gasteiger partial charge in [0.15, 0.2) is 18.4 Å². The number of aliphatic hydroxyl groups excluding tert-OH is 3. The average molecular weight is 355 g/mol. The fraction of sp³-hybridized carbons (Fsp3) is 0.714. The second-order valence-corrected chi connectivity index (χ2v) is 6.41. The zero-order valence-electron chi connectivity index (χ0n) is 13.7. The quantitative estimate of drug-likeness (QED) is 0.355. The number of nitrogens with zero attached hydrogens (tertiary/aromatic N) is 3. The van der Waals surface area contributed by atoms with Crippen LogP contribution in [0.15, 0.2) is 9.98 Å². The smallest absolute Gasteiger partial charge is 0.255 e. The van der Waals surface area contributed by atoms with Crippen LogP contribution in [0.2, 0.25) is 0 Å². The Balaban J connectivity index is 1.80. The van der Waals surface area contributed by atoms with E-state index < -0.39 is 49.3 Å². The van der Waals surface area contributed by atoms with Crippen molar-refractivity contribution < 1.29 is 29.6 Å². The van der Waals surface area contributed by atoms with Crippen molar-refractivity contribution >= 4 is 24.1 Å². The van der Waals surface area contributed by atoms with Crippen molar-refractivity contribution in [3.05, 3.63) is 0 Å². The summed E-state index contributed by atoms with van der Waals surface area (Å²) in [5.74, 6) is -1.07. The summed E-state index contributed by atoms with van der Waals surface area (Å²) in [5.41, 5.74) is 0. The summed E-state index contributed by atoms with van der Waals surface area (Å²) in [7, 11) is 0. The zero-order valence-corrected chi connectivity index (χ0v) is 13.7. The number of aliphatic hydroxyl groups is 3. The van der Waals surface area contributed by atoms with Gasteiger partial charge in [-0.15, -0.1) is 0 Å². The number of nitrogens with one attached hydrogen (secondary N) is 2. The molecule has 3 rings (SSSR count). The lowest BCUT2D eigenvalue weighted by atomic mass is 10.1. The van der Waals surface area contributed by atoms with Crippen molar-refractivity contribution in [2.75, 3.05) is 6.61 Å². The molecule has 0 aromatic rings. The number of guanidine groups is 1. The van der Waals surface area contributed by atoms with Crippen molar-refractivity contribution in [3.63, 3.8) is 0 Å². The molecule has 0 radical (unpaired) electrons. The fourth-order valence-electron chi connectivity index (χ4n) is 2.82. The van der Waals surface area contributed by atoms with E-state index in [1.165, 1.54) is 11.2 Å². The molecule has 3 aliphatic heterocycles. The van der Waals surface area contributed by atoms with Crippen molar-refractivity contribution in [2.45, 2.75) is 50.6 Å². The van der Waals surface area contributed by atoms with E-state index in [1.54, 1.807) is 13.8 Å². The second kappa shape index (κ2) is 6.67. The molecule has 1 fully saturated rings. The van der Waals surface area contributed by atoms with Crippen LogP contribution in [0.25, 0.3) is 0 Å². The molecule has 0 bridgehead atoms. The molecule has 11 heteroatoms. The molecule has 6 atom stereocenters. The van der Waals surface area contributed by atoms with Crippen LogP contribution in [0.4, 0.5) is 0 Å². The molecule has 3 aliphatic rings. The normalized spacial score (nSPS) is 37.1. The molecule has 5 N–H and O–H groups in total. The number of amides is 2. The number of hydrogen-bond donors (Lipinski definition) is 5. The van der Waals surface area contributed by atoms with Crippen LogP contribution < -0.4 is 10.6 Å². The lowest BCUT2D eigenvalue weighted by Crippen LogP contribution is -2.58. The third kappa shape index (κ3) is 3.11. The van der Waals surface area contributed by atoms with Gasteiger partial charge in [-0.2, -0.15) is 0 Å². The number of rotatable bonds is 3. The molecule has 138 valence electrons. The van der Waals surface area contributed by atoms with Crippen LogP contribution in [0.5, 0.6) is 0 Å². The summed E-state index contributed by atoms with van der Waals surface area (Å²) in [6.45, 7) is 2.94. The molecule has 0 aromatic carbocycles. The summed E-state index contributed by atoms with van der Waals surface area (Å²) in [6, 6.07) is -0.860. The third-order valence-electron chi connectivity index (χ3n) is 4.30. The molecule has 3 heterocycles. The lowest BCUT2D eigenvalue weighted by Gasteiger charge is -2.33. The minimum atomic E-state index is -1.31. The molecule has 2 amide bonds. The van der Waals surface area contributed by atoms with Crippen molar-refractivity contribution in [3.8, 4) is 0 Å². The van der Waals surface area contributed by atoms with Crippen molar-refractivity contribution in [2.24, 2.45) is 15.9 Å². The van der Waals surface area contributed by atoms with Gasteiger partial charge >= 0.3 is 0 Å². The summed E-state index contributed by atoms with van der Waals surface area (Å²) in [4.78, 5) is 33.7. The van der Waals surface area contributed by atoms with Crippen LogP contribution in [0, 0.1) is 5.92 Å². The van der Waals surface area contributed by atoms with Crippen LogP contribution in [0.3, 0.4) is 0 Å². The average Bonchev–Trinajstić information content (AvgIpc) is 3.10. The number of carbonyl (C=O) groups is 2. The number of carbonyl (C=O) groups excluding carboxylic acids is 2. The first-order chi connectivity index (χ1) is 11.8. The zero-order chi connectivity index (χ0) is 18.3. The highest BCUT2D eigenvalue weighted by atomic mass is 16.6. The fourth-order valence-corrected chi connectivity index (χ4v) is 2.82. The molecule has 0 spiro atoms. The van der Waals surface area contributed by atoms with Gasteiger partial charge in [0.05, 0.1) is 12.9 Å². The number of fused-ring (bicyclic) bond motifs is 1. The van der Waals surface area contributed by atoms with Gasteiger partial charge < -0.3 is 25.0 Å². The number of hydrogen-bond acceptors (Lipinski definition) is 9. The highest BCUT2D eigenvalue weighted by Crippen LogP contribution is 2.29. The first kappa shape index (κ1) is 17.7. The summed E-state index contributed by atoms with van der Waals surface area (Å²) < 4.78 is 5.45. The maximum atomic E-state index is 12.2. The van der Waals surface area contributed by atoms with E-state index in [0.29, 0.717) is 0 Å². The number of ether oxygens (including phenoxy) is 1. The maximum absolute atomic E-state index is 12.2. The van der Waals surface area contributed by atoms with Gasteiger partial charge in [0, 0.05) is 5.92 Å². The maximum Gasteiger partial charge on any atom is 0.255 e. The van der Waals surface area contributed by atoms with Crippen molar-refractivity contribution in [1.29, 1.82) is 0 Å². The first-order valence-electron chi connectivity index (χ1n) is 7.96. The minimum Gasteiger partial charge on any atom is -0.394 e. The summed E-state index contributed by atoms with van der Waals surface area (Å²) >= 11 is 0. The van der Waals surface area contributed by atoms with Crippen LogP contribution >= 0.6 is 0 Å². The van der Waals surface area contributed by atoms with Gasteiger partial charge in [-0.3, -0.25) is 25.2 Å². The molecule has 25 heavy (non-hydrogen) atoms. The SMILES string of the molecule is CC(C)C(=O)NC1=NC2C(N=CN2[C@@H]2O[C@H](CO)[C@@H](O)[C@H]2O)C(=O)N1. The number of aliphatic imine (C=N–C) groups is 2. The van der Waals surface area contributed by atoms with E-state index in [0.717, 1.165) is 0 Å². The first-order valence-corrected chi connectivity index (χ1v) is 7.96. The topological polar surface area (TPSA) is 156 Å². The van der Waals surface area contributed by atoms with Crippen LogP contribution in [-0.2, 0) is 14.3 Å².